The molecule has 0 saturated heterocycles. The van der Waals surface area contributed by atoms with Crippen LogP contribution in [-0.4, -0.2) is 25.7 Å². The van der Waals surface area contributed by atoms with Crippen LogP contribution in [0.5, 0.6) is 0 Å². The minimum absolute atomic E-state index is 0. The highest BCUT2D eigenvalue weighted by atomic mass is 35.5. The summed E-state index contributed by atoms with van der Waals surface area (Å²) in [6.45, 7) is 1.84. The number of nitrogens with zero attached hydrogens (tertiary/aromatic N) is 4. The average Bonchev–Trinajstić information content (AvgIpc) is 2.84. The van der Waals surface area contributed by atoms with Crippen LogP contribution in [-0.2, 0) is 26.7 Å². The van der Waals surface area contributed by atoms with Crippen molar-refractivity contribution in [1.29, 1.82) is 0 Å². The average molecular weight is 324 g/mol. The second kappa shape index (κ2) is 6.95. The van der Waals surface area contributed by atoms with Crippen molar-refractivity contribution in [3.8, 4) is 0 Å². The number of alkyl halides is 3. The molecule has 0 aromatic carbocycles. The summed E-state index contributed by atoms with van der Waals surface area (Å²) in [6.07, 6.45) is -2.92. The Morgan fingerprint density at radius 3 is 2.52 bits per heavy atom. The summed E-state index contributed by atoms with van der Waals surface area (Å²) in [5.74, 6) is 0. The molecule has 0 saturated carbocycles. The van der Waals surface area contributed by atoms with Crippen molar-refractivity contribution in [2.24, 2.45) is 7.05 Å². The van der Waals surface area contributed by atoms with E-state index in [0.717, 1.165) is 16.1 Å². The van der Waals surface area contributed by atoms with Gasteiger partial charge in [-0.1, -0.05) is 0 Å². The van der Waals surface area contributed by atoms with Gasteiger partial charge in [0.2, 0.25) is 0 Å². The van der Waals surface area contributed by atoms with Crippen LogP contribution in [0.25, 0.3) is 0 Å². The van der Waals surface area contributed by atoms with Crippen LogP contribution in [0.4, 0.5) is 13.2 Å². The standard InChI is InChI=1S/C12H16F3N5.ClH/c1-9-5-11(19(2)17-9)7-16-6-10-3-4-20(18-10)8-12(13,14)15;/h3-5,16H,6-8H2,1-2H3;1H. The lowest BCUT2D eigenvalue weighted by molar-refractivity contribution is -0.142. The third-order valence-corrected chi connectivity index (χ3v) is 2.75. The van der Waals surface area contributed by atoms with Crippen LogP contribution in [0.2, 0.25) is 0 Å². The van der Waals surface area contributed by atoms with E-state index in [2.05, 4.69) is 15.5 Å². The predicted octanol–water partition coefficient (Wildman–Crippen LogP) is 2.20. The minimum Gasteiger partial charge on any atom is -0.305 e. The molecule has 0 aliphatic rings. The Kier molecular flexibility index (Phi) is 5.79. The van der Waals surface area contributed by atoms with Gasteiger partial charge in [-0.25, -0.2) is 0 Å². The molecule has 2 heterocycles. The SMILES string of the molecule is Cc1cc(CNCc2ccn(CC(F)(F)F)n2)n(C)n1.Cl. The van der Waals surface area contributed by atoms with Gasteiger partial charge in [0, 0.05) is 26.3 Å². The summed E-state index contributed by atoms with van der Waals surface area (Å²) >= 11 is 0. The number of aromatic nitrogens is 4. The highest BCUT2D eigenvalue weighted by Crippen LogP contribution is 2.16. The fraction of sp³-hybridized carbons (Fsp3) is 0.500. The lowest BCUT2D eigenvalue weighted by atomic mass is 10.3. The zero-order valence-electron chi connectivity index (χ0n) is 11.7. The molecule has 118 valence electrons. The molecule has 0 bridgehead atoms. The maximum atomic E-state index is 12.2. The van der Waals surface area contributed by atoms with Crippen molar-refractivity contribution in [2.45, 2.75) is 32.7 Å². The Balaban J connectivity index is 0.00000220. The van der Waals surface area contributed by atoms with E-state index >= 15 is 0 Å². The molecule has 0 unspecified atom stereocenters. The number of hydrogen-bond acceptors (Lipinski definition) is 3. The fourth-order valence-corrected chi connectivity index (χ4v) is 1.92. The molecular weight excluding hydrogens is 307 g/mol. The van der Waals surface area contributed by atoms with Gasteiger partial charge < -0.3 is 5.32 Å². The van der Waals surface area contributed by atoms with Crippen LogP contribution in [0.1, 0.15) is 17.1 Å². The van der Waals surface area contributed by atoms with E-state index in [-0.39, 0.29) is 12.4 Å². The van der Waals surface area contributed by atoms with Crippen molar-refractivity contribution >= 4 is 12.4 Å². The number of aryl methyl sites for hydroxylation is 2. The Morgan fingerprint density at radius 1 is 1.24 bits per heavy atom. The molecule has 5 nitrogen and oxygen atoms in total. The predicted molar refractivity (Wildman–Crippen MR) is 74.0 cm³/mol. The molecule has 0 aliphatic carbocycles. The van der Waals surface area contributed by atoms with Crippen LogP contribution in [0.3, 0.4) is 0 Å². The zero-order chi connectivity index (χ0) is 14.8. The Bertz CT molecular complexity index is 576. The quantitative estimate of drug-likeness (QED) is 0.917. The summed E-state index contributed by atoms with van der Waals surface area (Å²) in [5, 5.41) is 11.2. The first kappa shape index (κ1) is 17.5. The maximum Gasteiger partial charge on any atom is 0.408 e. The molecule has 2 aromatic rings. The monoisotopic (exact) mass is 323 g/mol. The van der Waals surface area contributed by atoms with E-state index in [9.17, 15) is 13.2 Å². The maximum absolute atomic E-state index is 12.2. The molecule has 21 heavy (non-hydrogen) atoms. The van der Waals surface area contributed by atoms with Gasteiger partial charge in [0.1, 0.15) is 6.54 Å². The molecule has 2 aromatic heterocycles. The van der Waals surface area contributed by atoms with E-state index in [1.54, 1.807) is 10.7 Å². The Hall–Kier alpha value is -1.54. The largest absolute Gasteiger partial charge is 0.408 e. The molecular formula is C12H17ClF3N5. The van der Waals surface area contributed by atoms with Crippen molar-refractivity contribution in [1.82, 2.24) is 24.9 Å². The molecule has 0 spiro atoms. The summed E-state index contributed by atoms with van der Waals surface area (Å²) < 4.78 is 39.2. The number of hydrogen-bond donors (Lipinski definition) is 1. The first-order valence-corrected chi connectivity index (χ1v) is 6.13. The Labute approximate surface area is 126 Å². The van der Waals surface area contributed by atoms with Crippen LogP contribution < -0.4 is 5.32 Å². The van der Waals surface area contributed by atoms with Gasteiger partial charge in [-0.05, 0) is 19.1 Å². The van der Waals surface area contributed by atoms with Gasteiger partial charge >= 0.3 is 6.18 Å². The van der Waals surface area contributed by atoms with Crippen molar-refractivity contribution in [3.63, 3.8) is 0 Å². The number of halogens is 4. The van der Waals surface area contributed by atoms with Crippen LogP contribution in [0.15, 0.2) is 18.3 Å². The van der Waals surface area contributed by atoms with Gasteiger partial charge in [0.25, 0.3) is 0 Å². The minimum atomic E-state index is -4.25. The zero-order valence-corrected chi connectivity index (χ0v) is 12.5. The summed E-state index contributed by atoms with van der Waals surface area (Å²) in [7, 11) is 1.85. The molecule has 0 aliphatic heterocycles. The summed E-state index contributed by atoms with van der Waals surface area (Å²) in [5.41, 5.74) is 2.52. The summed E-state index contributed by atoms with van der Waals surface area (Å²) in [4.78, 5) is 0. The fourth-order valence-electron chi connectivity index (χ4n) is 1.92. The van der Waals surface area contributed by atoms with Crippen molar-refractivity contribution in [3.05, 3.63) is 35.4 Å². The summed E-state index contributed by atoms with van der Waals surface area (Å²) in [6, 6.07) is 3.53. The van der Waals surface area contributed by atoms with Crippen molar-refractivity contribution in [2.75, 3.05) is 0 Å². The second-order valence-electron chi connectivity index (χ2n) is 4.62. The van der Waals surface area contributed by atoms with Gasteiger partial charge in [0.05, 0.1) is 17.1 Å². The third kappa shape index (κ3) is 5.39. The smallest absolute Gasteiger partial charge is 0.305 e. The highest BCUT2D eigenvalue weighted by Gasteiger charge is 2.28. The second-order valence-corrected chi connectivity index (χ2v) is 4.62. The van der Waals surface area contributed by atoms with Crippen LogP contribution >= 0.6 is 12.4 Å². The molecule has 9 heteroatoms. The van der Waals surface area contributed by atoms with Gasteiger partial charge in [-0.3, -0.25) is 9.36 Å². The van der Waals surface area contributed by atoms with E-state index in [1.165, 1.54) is 6.20 Å². The molecule has 1 N–H and O–H groups in total. The molecule has 0 amide bonds. The lowest BCUT2D eigenvalue weighted by Gasteiger charge is -2.06. The van der Waals surface area contributed by atoms with E-state index in [4.69, 9.17) is 0 Å². The van der Waals surface area contributed by atoms with Gasteiger partial charge in [0.15, 0.2) is 0 Å². The van der Waals surface area contributed by atoms with E-state index in [0.29, 0.717) is 18.8 Å². The van der Waals surface area contributed by atoms with E-state index < -0.39 is 12.7 Å². The molecule has 0 radical (unpaired) electrons. The highest BCUT2D eigenvalue weighted by molar-refractivity contribution is 5.85. The van der Waals surface area contributed by atoms with E-state index in [1.807, 2.05) is 20.0 Å². The number of nitrogens with one attached hydrogen (secondary N) is 1. The van der Waals surface area contributed by atoms with Gasteiger partial charge in [-0.2, -0.15) is 23.4 Å². The molecule has 0 atom stereocenters. The lowest BCUT2D eigenvalue weighted by Crippen LogP contribution is -2.19. The Morgan fingerprint density at radius 2 is 1.95 bits per heavy atom. The normalized spacial score (nSPS) is 11.5. The number of rotatable bonds is 5. The van der Waals surface area contributed by atoms with Gasteiger partial charge in [-0.15, -0.1) is 12.4 Å². The topological polar surface area (TPSA) is 47.7 Å². The first-order chi connectivity index (χ1) is 9.33. The van der Waals surface area contributed by atoms with Crippen molar-refractivity contribution < 1.29 is 13.2 Å². The first-order valence-electron chi connectivity index (χ1n) is 6.13. The molecule has 0 fully saturated rings. The van der Waals surface area contributed by atoms with Crippen LogP contribution in [0, 0.1) is 6.92 Å². The third-order valence-electron chi connectivity index (χ3n) is 2.75. The molecule has 2 rings (SSSR count).